The van der Waals surface area contributed by atoms with Crippen molar-refractivity contribution in [2.75, 3.05) is 13.2 Å². The highest BCUT2D eigenvalue weighted by molar-refractivity contribution is 5.72. The standard InChI is InChI=1S/C32H30F6O2/c1-3-5-6-7-21-12-16-26(31(37)27(21)33)40-18-19-8-10-20(11-9-19)22-13-14-23(29(35)28(22)34)24-15-17-25(39-4-2)32(38)30(24)36/h3,5,10,12-17,19H,4,6-9,11,18H2,1-2H3. The predicted octanol–water partition coefficient (Wildman–Crippen LogP) is 9.36. The van der Waals surface area contributed by atoms with Crippen LogP contribution in [0.4, 0.5) is 26.3 Å². The van der Waals surface area contributed by atoms with E-state index >= 15 is 8.78 Å². The molecule has 0 bridgehead atoms. The normalized spacial score (nSPS) is 15.4. The summed E-state index contributed by atoms with van der Waals surface area (Å²) < 4.78 is 98.4. The maximum Gasteiger partial charge on any atom is 0.201 e. The second-order valence-electron chi connectivity index (χ2n) is 9.60. The van der Waals surface area contributed by atoms with Crippen LogP contribution in [0, 0.1) is 40.8 Å². The summed E-state index contributed by atoms with van der Waals surface area (Å²) in [5.41, 5.74) is 0.0805. The lowest BCUT2D eigenvalue weighted by Gasteiger charge is -2.23. The highest BCUT2D eigenvalue weighted by Crippen LogP contribution is 2.37. The molecule has 0 N–H and O–H groups in total. The number of hydrogen-bond donors (Lipinski definition) is 0. The zero-order chi connectivity index (χ0) is 28.8. The Morgan fingerprint density at radius 3 is 2.02 bits per heavy atom. The topological polar surface area (TPSA) is 18.5 Å². The molecular weight excluding hydrogens is 530 g/mol. The first-order chi connectivity index (χ1) is 19.3. The highest BCUT2D eigenvalue weighted by atomic mass is 19.2. The lowest BCUT2D eigenvalue weighted by Crippen LogP contribution is -2.16. The number of halogens is 6. The van der Waals surface area contributed by atoms with Gasteiger partial charge in [-0.05, 0) is 81.2 Å². The van der Waals surface area contributed by atoms with Gasteiger partial charge in [0.1, 0.15) is 0 Å². The first-order valence-corrected chi connectivity index (χ1v) is 13.3. The molecule has 1 unspecified atom stereocenters. The van der Waals surface area contributed by atoms with Crippen LogP contribution in [0.5, 0.6) is 11.5 Å². The number of allylic oxidation sites excluding steroid dienone is 4. The molecule has 2 nitrogen and oxygen atoms in total. The number of aryl methyl sites for hydroxylation is 1. The Morgan fingerprint density at radius 2 is 1.35 bits per heavy atom. The van der Waals surface area contributed by atoms with Crippen molar-refractivity contribution < 1.29 is 35.8 Å². The van der Waals surface area contributed by atoms with Crippen molar-refractivity contribution in [1.82, 2.24) is 0 Å². The summed E-state index contributed by atoms with van der Waals surface area (Å²) in [6.07, 6.45) is 7.89. The van der Waals surface area contributed by atoms with E-state index in [4.69, 9.17) is 9.47 Å². The third kappa shape index (κ3) is 6.21. The first-order valence-electron chi connectivity index (χ1n) is 13.3. The monoisotopic (exact) mass is 560 g/mol. The van der Waals surface area contributed by atoms with E-state index in [9.17, 15) is 17.6 Å². The molecule has 212 valence electrons. The van der Waals surface area contributed by atoms with Gasteiger partial charge in [0, 0.05) is 16.7 Å². The summed E-state index contributed by atoms with van der Waals surface area (Å²) in [6.45, 7) is 3.73. The molecule has 0 amide bonds. The molecule has 0 fully saturated rings. The van der Waals surface area contributed by atoms with Crippen molar-refractivity contribution in [2.24, 2.45) is 5.92 Å². The lowest BCUT2D eigenvalue weighted by atomic mass is 9.86. The molecule has 0 heterocycles. The molecule has 1 aliphatic rings. The fourth-order valence-electron chi connectivity index (χ4n) is 4.79. The molecule has 0 aliphatic heterocycles. The van der Waals surface area contributed by atoms with Gasteiger partial charge in [-0.2, -0.15) is 8.78 Å². The van der Waals surface area contributed by atoms with Gasteiger partial charge < -0.3 is 9.47 Å². The Bertz CT molecular complexity index is 1430. The van der Waals surface area contributed by atoms with Crippen molar-refractivity contribution in [3.8, 4) is 22.6 Å². The number of benzene rings is 3. The second-order valence-corrected chi connectivity index (χ2v) is 9.60. The Hall–Kier alpha value is -3.68. The third-order valence-electron chi connectivity index (χ3n) is 7.00. The molecule has 0 spiro atoms. The molecular formula is C32H30F6O2. The van der Waals surface area contributed by atoms with Gasteiger partial charge in [-0.15, -0.1) is 0 Å². The largest absolute Gasteiger partial charge is 0.491 e. The average Bonchev–Trinajstić information content (AvgIpc) is 2.96. The second kappa shape index (κ2) is 13.1. The van der Waals surface area contributed by atoms with Crippen molar-refractivity contribution in [3.05, 3.63) is 101 Å². The number of ether oxygens (including phenoxy) is 2. The fourth-order valence-corrected chi connectivity index (χ4v) is 4.79. The zero-order valence-corrected chi connectivity index (χ0v) is 22.3. The Morgan fingerprint density at radius 1 is 0.750 bits per heavy atom. The van der Waals surface area contributed by atoms with E-state index in [1.807, 2.05) is 19.1 Å². The molecule has 1 aliphatic carbocycles. The molecule has 0 saturated carbocycles. The van der Waals surface area contributed by atoms with Crippen molar-refractivity contribution in [2.45, 2.75) is 46.0 Å². The molecule has 8 heteroatoms. The van der Waals surface area contributed by atoms with Crippen LogP contribution in [0.3, 0.4) is 0 Å². The van der Waals surface area contributed by atoms with Gasteiger partial charge in [-0.1, -0.05) is 36.4 Å². The van der Waals surface area contributed by atoms with Gasteiger partial charge in [-0.3, -0.25) is 0 Å². The lowest BCUT2D eigenvalue weighted by molar-refractivity contribution is 0.228. The van der Waals surface area contributed by atoms with E-state index in [-0.39, 0.29) is 41.8 Å². The van der Waals surface area contributed by atoms with Crippen molar-refractivity contribution in [3.63, 3.8) is 0 Å². The van der Waals surface area contributed by atoms with Crippen LogP contribution in [0.2, 0.25) is 0 Å². The summed E-state index contributed by atoms with van der Waals surface area (Å²) in [6, 6.07) is 7.84. The fraction of sp³-hybridized carbons (Fsp3) is 0.312. The molecule has 0 radical (unpaired) electrons. The van der Waals surface area contributed by atoms with Crippen LogP contribution >= 0.6 is 0 Å². The molecule has 40 heavy (non-hydrogen) atoms. The maximum absolute atomic E-state index is 15.1. The minimum atomic E-state index is -1.32. The van der Waals surface area contributed by atoms with Gasteiger partial charge in [0.15, 0.2) is 34.8 Å². The van der Waals surface area contributed by atoms with Gasteiger partial charge in [0.2, 0.25) is 11.6 Å². The van der Waals surface area contributed by atoms with E-state index in [0.29, 0.717) is 37.7 Å². The Kier molecular flexibility index (Phi) is 9.61. The summed E-state index contributed by atoms with van der Waals surface area (Å²) >= 11 is 0. The minimum absolute atomic E-state index is 0.0336. The Balaban J connectivity index is 1.43. The van der Waals surface area contributed by atoms with Crippen LogP contribution in [-0.2, 0) is 6.42 Å². The predicted molar refractivity (Wildman–Crippen MR) is 143 cm³/mol. The summed E-state index contributed by atoms with van der Waals surface area (Å²) in [5, 5.41) is 0. The first kappa shape index (κ1) is 29.3. The average molecular weight is 561 g/mol. The van der Waals surface area contributed by atoms with Crippen LogP contribution < -0.4 is 9.47 Å². The van der Waals surface area contributed by atoms with Crippen LogP contribution in [0.15, 0.2) is 54.6 Å². The van der Waals surface area contributed by atoms with Crippen LogP contribution in [0.1, 0.15) is 50.7 Å². The SMILES string of the molecule is CC=CCCc1ccc(OCC2CC=C(c3ccc(-c4ccc(OCC)c(F)c4F)c(F)c3F)CC2)c(F)c1F. The number of hydrogen-bond acceptors (Lipinski definition) is 2. The van der Waals surface area contributed by atoms with Crippen molar-refractivity contribution >= 4 is 5.57 Å². The van der Waals surface area contributed by atoms with Crippen LogP contribution in [0.25, 0.3) is 16.7 Å². The number of rotatable bonds is 10. The van der Waals surface area contributed by atoms with E-state index in [0.717, 1.165) is 6.07 Å². The molecule has 4 rings (SSSR count). The van der Waals surface area contributed by atoms with E-state index in [1.54, 1.807) is 13.0 Å². The van der Waals surface area contributed by atoms with Gasteiger partial charge in [0.25, 0.3) is 0 Å². The van der Waals surface area contributed by atoms with E-state index in [1.165, 1.54) is 30.3 Å². The van der Waals surface area contributed by atoms with Crippen molar-refractivity contribution in [1.29, 1.82) is 0 Å². The minimum Gasteiger partial charge on any atom is -0.491 e. The molecule has 3 aromatic carbocycles. The van der Waals surface area contributed by atoms with E-state index < -0.39 is 46.0 Å². The van der Waals surface area contributed by atoms with Gasteiger partial charge in [0.05, 0.1) is 13.2 Å². The summed E-state index contributed by atoms with van der Waals surface area (Å²) in [7, 11) is 0. The maximum atomic E-state index is 15.1. The van der Waals surface area contributed by atoms with Gasteiger partial charge in [-0.25, -0.2) is 17.6 Å². The molecule has 0 aromatic heterocycles. The molecule has 0 saturated heterocycles. The third-order valence-corrected chi connectivity index (χ3v) is 7.00. The summed E-state index contributed by atoms with van der Waals surface area (Å²) in [5.74, 6) is -7.47. The Labute approximate surface area is 229 Å². The molecule has 1 atom stereocenters. The van der Waals surface area contributed by atoms with Gasteiger partial charge >= 0.3 is 0 Å². The zero-order valence-electron chi connectivity index (χ0n) is 22.3. The molecule has 3 aromatic rings. The smallest absolute Gasteiger partial charge is 0.201 e. The van der Waals surface area contributed by atoms with Crippen LogP contribution in [-0.4, -0.2) is 13.2 Å². The van der Waals surface area contributed by atoms with E-state index in [2.05, 4.69) is 0 Å². The summed E-state index contributed by atoms with van der Waals surface area (Å²) in [4.78, 5) is 0. The quantitative estimate of drug-likeness (QED) is 0.182. The highest BCUT2D eigenvalue weighted by Gasteiger charge is 2.24.